The van der Waals surface area contributed by atoms with Gasteiger partial charge in [-0.1, -0.05) is 24.8 Å². The summed E-state index contributed by atoms with van der Waals surface area (Å²) in [5.74, 6) is -0.0866. The lowest BCUT2D eigenvalue weighted by Gasteiger charge is -2.38. The van der Waals surface area contributed by atoms with Crippen LogP contribution in [0, 0.1) is 0 Å². The molecular weight excluding hydrogens is 214 g/mol. The van der Waals surface area contributed by atoms with E-state index >= 15 is 0 Å². The minimum atomic E-state index is -0.660. The number of rotatable bonds is 2. The minimum absolute atomic E-state index is 0.0866. The number of benzene rings is 1. The molecule has 0 fully saturated rings. The Kier molecular flexibility index (Phi) is 2.59. The van der Waals surface area contributed by atoms with Crippen molar-refractivity contribution in [1.29, 1.82) is 0 Å². The van der Waals surface area contributed by atoms with E-state index in [1.165, 1.54) is 0 Å². The zero-order valence-electron chi connectivity index (χ0n) is 10.4. The summed E-state index contributed by atoms with van der Waals surface area (Å²) in [6, 6.07) is 7.40. The van der Waals surface area contributed by atoms with E-state index in [1.54, 1.807) is 17.9 Å². The third-order valence-corrected chi connectivity index (χ3v) is 3.54. The van der Waals surface area contributed by atoms with Crippen molar-refractivity contribution in [1.82, 2.24) is 4.90 Å². The van der Waals surface area contributed by atoms with Crippen molar-refractivity contribution in [2.45, 2.75) is 32.4 Å². The molecule has 1 atom stereocenters. The van der Waals surface area contributed by atoms with Gasteiger partial charge in [-0.05, 0) is 26.8 Å². The summed E-state index contributed by atoms with van der Waals surface area (Å²) in [6.45, 7) is 9.33. The van der Waals surface area contributed by atoms with E-state index < -0.39 is 11.6 Å². The lowest BCUT2D eigenvalue weighted by molar-refractivity contribution is 0.0305. The van der Waals surface area contributed by atoms with Gasteiger partial charge in [0.1, 0.15) is 0 Å². The van der Waals surface area contributed by atoms with Gasteiger partial charge < -0.3 is 10.0 Å². The standard InChI is InChI=1S/C14H17NO2/c1-9-11-7-5-6-8-12(11)13(17)15(9)14(3,4)10(2)16/h5-8,10,16H,1H2,2-4H3. The van der Waals surface area contributed by atoms with Crippen molar-refractivity contribution in [3.8, 4) is 0 Å². The molecule has 0 saturated carbocycles. The Bertz CT molecular complexity index is 454. The summed E-state index contributed by atoms with van der Waals surface area (Å²) in [7, 11) is 0. The van der Waals surface area contributed by atoms with Crippen LogP contribution in [0.2, 0.25) is 0 Å². The molecule has 1 N–H and O–H groups in total. The summed E-state index contributed by atoms with van der Waals surface area (Å²) in [4.78, 5) is 13.9. The number of amides is 1. The third kappa shape index (κ3) is 1.58. The van der Waals surface area contributed by atoms with Crippen LogP contribution in [0.25, 0.3) is 5.70 Å². The average Bonchev–Trinajstić information content (AvgIpc) is 2.52. The van der Waals surface area contributed by atoms with Crippen molar-refractivity contribution in [2.75, 3.05) is 0 Å². The van der Waals surface area contributed by atoms with E-state index in [1.807, 2.05) is 32.0 Å². The predicted octanol–water partition coefficient (Wildman–Crippen LogP) is 2.27. The molecule has 0 aromatic heterocycles. The highest BCUT2D eigenvalue weighted by molar-refractivity contribution is 6.09. The molecule has 0 bridgehead atoms. The van der Waals surface area contributed by atoms with Gasteiger partial charge in [-0.2, -0.15) is 0 Å². The van der Waals surface area contributed by atoms with Gasteiger partial charge in [0, 0.05) is 16.8 Å². The Balaban J connectivity index is 2.50. The van der Waals surface area contributed by atoms with Gasteiger partial charge in [-0.3, -0.25) is 4.79 Å². The maximum Gasteiger partial charge on any atom is 0.259 e. The highest BCUT2D eigenvalue weighted by Gasteiger charge is 2.42. The second-order valence-electron chi connectivity index (χ2n) is 4.96. The number of aliphatic hydroxyl groups excluding tert-OH is 1. The first-order chi connectivity index (χ1) is 7.87. The number of hydrogen-bond acceptors (Lipinski definition) is 2. The number of carbonyl (C=O) groups is 1. The summed E-state index contributed by atoms with van der Waals surface area (Å²) in [6.07, 6.45) is -0.627. The molecule has 1 heterocycles. The van der Waals surface area contributed by atoms with Gasteiger partial charge in [0.05, 0.1) is 11.6 Å². The van der Waals surface area contributed by atoms with Crippen molar-refractivity contribution in [3.05, 3.63) is 42.0 Å². The number of carbonyl (C=O) groups excluding carboxylic acids is 1. The molecule has 2 rings (SSSR count). The summed E-state index contributed by atoms with van der Waals surface area (Å²) in [5, 5.41) is 9.82. The SMILES string of the molecule is C=C1c2ccccc2C(=O)N1C(C)(C)C(C)O. The predicted molar refractivity (Wildman–Crippen MR) is 67.4 cm³/mol. The van der Waals surface area contributed by atoms with E-state index in [0.717, 1.165) is 5.56 Å². The summed E-state index contributed by atoms with van der Waals surface area (Å²) < 4.78 is 0. The fourth-order valence-electron chi connectivity index (χ4n) is 2.08. The molecule has 0 spiro atoms. The Morgan fingerprint density at radius 2 is 1.82 bits per heavy atom. The fraction of sp³-hybridized carbons (Fsp3) is 0.357. The van der Waals surface area contributed by atoms with E-state index in [0.29, 0.717) is 11.3 Å². The highest BCUT2D eigenvalue weighted by atomic mass is 16.3. The van der Waals surface area contributed by atoms with Crippen molar-refractivity contribution < 1.29 is 9.90 Å². The molecule has 0 radical (unpaired) electrons. The molecule has 1 aromatic rings. The van der Waals surface area contributed by atoms with Crippen LogP contribution in [0.3, 0.4) is 0 Å². The Morgan fingerprint density at radius 1 is 1.29 bits per heavy atom. The van der Waals surface area contributed by atoms with Crippen molar-refractivity contribution in [2.24, 2.45) is 0 Å². The molecule has 1 unspecified atom stereocenters. The Morgan fingerprint density at radius 3 is 2.29 bits per heavy atom. The Labute approximate surface area is 101 Å². The molecule has 90 valence electrons. The van der Waals surface area contributed by atoms with Crippen LogP contribution in [0.15, 0.2) is 30.8 Å². The lowest BCUT2D eigenvalue weighted by atomic mass is 9.96. The monoisotopic (exact) mass is 231 g/mol. The van der Waals surface area contributed by atoms with E-state index in [2.05, 4.69) is 6.58 Å². The van der Waals surface area contributed by atoms with Crippen LogP contribution in [0.4, 0.5) is 0 Å². The van der Waals surface area contributed by atoms with Crippen LogP contribution in [0.1, 0.15) is 36.7 Å². The van der Waals surface area contributed by atoms with E-state index in [4.69, 9.17) is 0 Å². The van der Waals surface area contributed by atoms with Gasteiger partial charge in [-0.15, -0.1) is 0 Å². The van der Waals surface area contributed by atoms with Gasteiger partial charge in [0.25, 0.3) is 5.91 Å². The first-order valence-corrected chi connectivity index (χ1v) is 5.68. The van der Waals surface area contributed by atoms with Gasteiger partial charge in [0.15, 0.2) is 0 Å². The molecule has 3 nitrogen and oxygen atoms in total. The van der Waals surface area contributed by atoms with Crippen LogP contribution >= 0.6 is 0 Å². The molecule has 3 heteroatoms. The first-order valence-electron chi connectivity index (χ1n) is 5.68. The van der Waals surface area contributed by atoms with Crippen LogP contribution in [0.5, 0.6) is 0 Å². The third-order valence-electron chi connectivity index (χ3n) is 3.54. The molecule has 1 aliphatic rings. The number of fused-ring (bicyclic) bond motifs is 1. The van der Waals surface area contributed by atoms with E-state index in [-0.39, 0.29) is 5.91 Å². The highest BCUT2D eigenvalue weighted by Crippen LogP contribution is 2.37. The first kappa shape index (κ1) is 11.9. The van der Waals surface area contributed by atoms with Gasteiger partial charge in [0.2, 0.25) is 0 Å². The molecular formula is C14H17NO2. The zero-order valence-corrected chi connectivity index (χ0v) is 10.4. The van der Waals surface area contributed by atoms with Crippen molar-refractivity contribution in [3.63, 3.8) is 0 Å². The smallest absolute Gasteiger partial charge is 0.259 e. The number of nitrogens with zero attached hydrogens (tertiary/aromatic N) is 1. The fourth-order valence-corrected chi connectivity index (χ4v) is 2.08. The zero-order chi connectivity index (χ0) is 12.8. The molecule has 1 aliphatic heterocycles. The molecule has 1 amide bonds. The largest absolute Gasteiger partial charge is 0.391 e. The number of hydrogen-bond donors (Lipinski definition) is 1. The topological polar surface area (TPSA) is 40.5 Å². The maximum absolute atomic E-state index is 12.3. The molecule has 0 saturated heterocycles. The molecule has 17 heavy (non-hydrogen) atoms. The van der Waals surface area contributed by atoms with Gasteiger partial charge >= 0.3 is 0 Å². The summed E-state index contributed by atoms with van der Waals surface area (Å²) in [5.41, 5.74) is 1.52. The second kappa shape index (κ2) is 3.70. The Hall–Kier alpha value is -1.61. The maximum atomic E-state index is 12.3. The van der Waals surface area contributed by atoms with Crippen LogP contribution in [-0.2, 0) is 0 Å². The van der Waals surface area contributed by atoms with Crippen LogP contribution in [-0.4, -0.2) is 27.6 Å². The molecule has 0 aliphatic carbocycles. The van der Waals surface area contributed by atoms with Crippen molar-refractivity contribution >= 4 is 11.6 Å². The second-order valence-corrected chi connectivity index (χ2v) is 4.96. The summed E-state index contributed by atoms with van der Waals surface area (Å²) >= 11 is 0. The lowest BCUT2D eigenvalue weighted by Crippen LogP contribution is -2.50. The normalized spacial score (nSPS) is 17.3. The minimum Gasteiger partial charge on any atom is -0.391 e. The quantitative estimate of drug-likeness (QED) is 0.848. The van der Waals surface area contributed by atoms with Crippen LogP contribution < -0.4 is 0 Å². The average molecular weight is 231 g/mol. The molecule has 1 aromatic carbocycles. The van der Waals surface area contributed by atoms with E-state index in [9.17, 15) is 9.90 Å². The van der Waals surface area contributed by atoms with Gasteiger partial charge in [-0.25, -0.2) is 0 Å². The number of aliphatic hydroxyl groups is 1.